The van der Waals surface area contributed by atoms with Gasteiger partial charge in [-0.25, -0.2) is 0 Å². The molecule has 4 nitrogen and oxygen atoms in total. The van der Waals surface area contributed by atoms with E-state index >= 15 is 0 Å². The Morgan fingerprint density at radius 1 is 1.27 bits per heavy atom. The molecule has 1 unspecified atom stereocenters. The number of ether oxygens (including phenoxy) is 2. The minimum absolute atomic E-state index is 0.216. The van der Waals surface area contributed by atoms with Gasteiger partial charge < -0.3 is 20.9 Å². The lowest BCUT2D eigenvalue weighted by atomic mass is 9.90. The molecule has 0 spiro atoms. The molecule has 0 bridgehead atoms. The summed E-state index contributed by atoms with van der Waals surface area (Å²) in [6, 6.07) is 5.46. The second-order valence-electron chi connectivity index (χ2n) is 4.41. The number of benzene rings is 1. The van der Waals surface area contributed by atoms with Gasteiger partial charge in [0, 0.05) is 11.6 Å². The van der Waals surface area contributed by atoms with E-state index in [-0.39, 0.29) is 12.8 Å². The van der Waals surface area contributed by atoms with Crippen molar-refractivity contribution in [3.8, 4) is 11.5 Å². The van der Waals surface area contributed by atoms with Crippen LogP contribution in [-0.4, -0.2) is 12.3 Å². The monoisotopic (exact) mass is 208 g/mol. The number of rotatable bonds is 2. The van der Waals surface area contributed by atoms with E-state index in [2.05, 4.69) is 0 Å². The van der Waals surface area contributed by atoms with Crippen molar-refractivity contribution in [2.45, 2.75) is 25.4 Å². The van der Waals surface area contributed by atoms with Crippen LogP contribution in [0.1, 0.15) is 25.5 Å². The van der Waals surface area contributed by atoms with Gasteiger partial charge in [-0.2, -0.15) is 0 Å². The second-order valence-corrected chi connectivity index (χ2v) is 4.41. The Morgan fingerprint density at radius 3 is 2.60 bits per heavy atom. The molecular weight excluding hydrogens is 192 g/mol. The highest BCUT2D eigenvalue weighted by atomic mass is 16.7. The minimum atomic E-state index is -0.451. The van der Waals surface area contributed by atoms with E-state index in [4.69, 9.17) is 20.9 Å². The van der Waals surface area contributed by atoms with Crippen molar-refractivity contribution in [3.63, 3.8) is 0 Å². The molecular formula is C11H16N2O2. The predicted octanol–water partition coefficient (Wildman–Crippen LogP) is 1.15. The molecule has 1 aliphatic heterocycles. The van der Waals surface area contributed by atoms with Crippen molar-refractivity contribution in [2.75, 3.05) is 6.79 Å². The fourth-order valence-corrected chi connectivity index (χ4v) is 1.54. The summed E-state index contributed by atoms with van der Waals surface area (Å²) in [7, 11) is 0. The van der Waals surface area contributed by atoms with Gasteiger partial charge >= 0.3 is 0 Å². The van der Waals surface area contributed by atoms with Gasteiger partial charge in [0.05, 0.1) is 0 Å². The Labute approximate surface area is 89.2 Å². The van der Waals surface area contributed by atoms with Crippen LogP contribution in [0.25, 0.3) is 0 Å². The fraction of sp³-hybridized carbons (Fsp3) is 0.455. The molecule has 1 aromatic rings. The van der Waals surface area contributed by atoms with Crippen molar-refractivity contribution < 1.29 is 9.47 Å². The number of nitrogens with two attached hydrogens (primary N) is 2. The lowest BCUT2D eigenvalue weighted by Gasteiger charge is -2.27. The minimum Gasteiger partial charge on any atom is -0.454 e. The zero-order valence-electron chi connectivity index (χ0n) is 8.99. The maximum absolute atomic E-state index is 6.04. The first-order valence-electron chi connectivity index (χ1n) is 4.92. The molecule has 0 saturated carbocycles. The zero-order chi connectivity index (χ0) is 11.1. The van der Waals surface area contributed by atoms with Crippen LogP contribution in [0.3, 0.4) is 0 Å². The van der Waals surface area contributed by atoms with Crippen LogP contribution in [0.5, 0.6) is 11.5 Å². The molecule has 4 N–H and O–H groups in total. The molecule has 0 aromatic heterocycles. The number of hydrogen-bond acceptors (Lipinski definition) is 4. The smallest absolute Gasteiger partial charge is 0.231 e. The van der Waals surface area contributed by atoms with E-state index in [9.17, 15) is 0 Å². The van der Waals surface area contributed by atoms with E-state index < -0.39 is 5.54 Å². The van der Waals surface area contributed by atoms with Crippen LogP contribution in [0.2, 0.25) is 0 Å². The summed E-state index contributed by atoms with van der Waals surface area (Å²) in [5.41, 5.74) is 12.5. The van der Waals surface area contributed by atoms with Crippen molar-refractivity contribution in [1.82, 2.24) is 0 Å². The molecule has 82 valence electrons. The first kappa shape index (κ1) is 10.3. The van der Waals surface area contributed by atoms with Crippen LogP contribution >= 0.6 is 0 Å². The Kier molecular flexibility index (Phi) is 2.32. The summed E-state index contributed by atoms with van der Waals surface area (Å²) in [5, 5.41) is 0. The first-order chi connectivity index (χ1) is 6.98. The molecule has 4 heteroatoms. The maximum atomic E-state index is 6.04. The fourth-order valence-electron chi connectivity index (χ4n) is 1.54. The Morgan fingerprint density at radius 2 is 1.93 bits per heavy atom. The van der Waals surface area contributed by atoms with Gasteiger partial charge in [-0.1, -0.05) is 6.07 Å². The summed E-state index contributed by atoms with van der Waals surface area (Å²) in [5.74, 6) is 1.51. The molecule has 1 aliphatic rings. The molecule has 15 heavy (non-hydrogen) atoms. The highest BCUT2D eigenvalue weighted by Crippen LogP contribution is 2.35. The predicted molar refractivity (Wildman–Crippen MR) is 57.8 cm³/mol. The average Bonchev–Trinajstić information content (AvgIpc) is 2.61. The first-order valence-corrected chi connectivity index (χ1v) is 4.92. The molecule has 1 heterocycles. The van der Waals surface area contributed by atoms with Crippen molar-refractivity contribution in [3.05, 3.63) is 23.8 Å². The van der Waals surface area contributed by atoms with Crippen LogP contribution in [0.15, 0.2) is 18.2 Å². The lowest BCUT2D eigenvalue weighted by Crippen LogP contribution is -2.43. The third-order valence-electron chi connectivity index (χ3n) is 2.56. The normalized spacial score (nSPS) is 16.5. The third kappa shape index (κ3) is 1.91. The van der Waals surface area contributed by atoms with Crippen LogP contribution < -0.4 is 20.9 Å². The second kappa shape index (κ2) is 3.40. The van der Waals surface area contributed by atoms with E-state index in [1.54, 1.807) is 0 Å². The Bertz CT molecular complexity index is 371. The highest BCUT2D eigenvalue weighted by molar-refractivity contribution is 5.45. The largest absolute Gasteiger partial charge is 0.454 e. The van der Waals surface area contributed by atoms with Crippen molar-refractivity contribution in [2.24, 2.45) is 11.5 Å². The number of fused-ring (bicyclic) bond motifs is 1. The quantitative estimate of drug-likeness (QED) is 0.765. The van der Waals surface area contributed by atoms with Gasteiger partial charge in [-0.3, -0.25) is 0 Å². The Balaban J connectivity index is 2.31. The van der Waals surface area contributed by atoms with Crippen LogP contribution in [-0.2, 0) is 0 Å². The van der Waals surface area contributed by atoms with Gasteiger partial charge in [-0.05, 0) is 31.5 Å². The molecule has 0 radical (unpaired) electrons. The lowest BCUT2D eigenvalue weighted by molar-refractivity contribution is 0.174. The van der Waals surface area contributed by atoms with Crippen LogP contribution in [0, 0.1) is 0 Å². The van der Waals surface area contributed by atoms with Gasteiger partial charge in [0.2, 0.25) is 6.79 Å². The zero-order valence-corrected chi connectivity index (χ0v) is 8.99. The summed E-state index contributed by atoms with van der Waals surface area (Å²) < 4.78 is 10.5. The molecule has 2 rings (SSSR count). The van der Waals surface area contributed by atoms with Crippen molar-refractivity contribution in [1.29, 1.82) is 0 Å². The SMILES string of the molecule is CC(C)(N)C(N)c1ccc2c(c1)OCO2. The van der Waals surface area contributed by atoms with Gasteiger partial charge in [0.25, 0.3) is 0 Å². The van der Waals surface area contributed by atoms with E-state index in [1.807, 2.05) is 32.0 Å². The van der Waals surface area contributed by atoms with E-state index in [0.717, 1.165) is 17.1 Å². The van der Waals surface area contributed by atoms with Gasteiger partial charge in [-0.15, -0.1) is 0 Å². The molecule has 0 aliphatic carbocycles. The summed E-state index contributed by atoms with van der Waals surface area (Å²) in [4.78, 5) is 0. The summed E-state index contributed by atoms with van der Waals surface area (Å²) >= 11 is 0. The highest BCUT2D eigenvalue weighted by Gasteiger charge is 2.24. The molecule has 1 atom stereocenters. The average molecular weight is 208 g/mol. The van der Waals surface area contributed by atoms with Gasteiger partial charge in [0.15, 0.2) is 11.5 Å². The van der Waals surface area contributed by atoms with Gasteiger partial charge in [0.1, 0.15) is 0 Å². The maximum Gasteiger partial charge on any atom is 0.231 e. The molecule has 0 amide bonds. The molecule has 0 saturated heterocycles. The summed E-state index contributed by atoms with van der Waals surface area (Å²) in [6.07, 6.45) is 0. The molecule has 0 fully saturated rings. The standard InChI is InChI=1S/C11H16N2O2/c1-11(2,13)10(12)7-3-4-8-9(5-7)15-6-14-8/h3-5,10H,6,12-13H2,1-2H3. The third-order valence-corrected chi connectivity index (χ3v) is 2.56. The van der Waals surface area contributed by atoms with E-state index in [1.165, 1.54) is 0 Å². The van der Waals surface area contributed by atoms with E-state index in [0.29, 0.717) is 0 Å². The Hall–Kier alpha value is -1.26. The van der Waals surface area contributed by atoms with Crippen molar-refractivity contribution >= 4 is 0 Å². The number of hydrogen-bond donors (Lipinski definition) is 2. The summed E-state index contributed by atoms with van der Waals surface area (Å²) in [6.45, 7) is 4.09. The molecule has 1 aromatic carbocycles. The topological polar surface area (TPSA) is 70.5 Å². The van der Waals surface area contributed by atoms with Crippen LogP contribution in [0.4, 0.5) is 0 Å².